The van der Waals surface area contributed by atoms with Crippen LogP contribution in [0.3, 0.4) is 0 Å². The molecule has 2 N–H and O–H groups in total. The molecule has 0 bridgehead atoms. The van der Waals surface area contributed by atoms with Crippen LogP contribution >= 0.6 is 0 Å². The first-order chi connectivity index (χ1) is 11.2. The summed E-state index contributed by atoms with van der Waals surface area (Å²) in [6.45, 7) is 4.38. The highest BCUT2D eigenvalue weighted by Gasteiger charge is 2.19. The van der Waals surface area contributed by atoms with Crippen LogP contribution in [0.15, 0.2) is 42.7 Å². The molecule has 0 atom stereocenters. The van der Waals surface area contributed by atoms with E-state index in [1.54, 1.807) is 24.5 Å². The molecule has 0 saturated carbocycles. The smallest absolute Gasteiger partial charge is 0.225 e. The summed E-state index contributed by atoms with van der Waals surface area (Å²) in [5.74, 6) is 0.925. The summed E-state index contributed by atoms with van der Waals surface area (Å²) in [6.07, 6.45) is 4.04. The van der Waals surface area contributed by atoms with Crippen LogP contribution in [0, 0.1) is 0 Å². The Labute approximate surface area is 135 Å². The fourth-order valence-corrected chi connectivity index (χ4v) is 2.74. The zero-order chi connectivity index (χ0) is 16.1. The van der Waals surface area contributed by atoms with Crippen LogP contribution in [0.2, 0.25) is 0 Å². The van der Waals surface area contributed by atoms with E-state index in [4.69, 9.17) is 5.73 Å². The van der Waals surface area contributed by atoms with Gasteiger partial charge in [-0.05, 0) is 18.2 Å². The largest absolute Gasteiger partial charge is 0.399 e. The van der Waals surface area contributed by atoms with Gasteiger partial charge in [-0.2, -0.15) is 0 Å². The first kappa shape index (κ1) is 15.4. The topological polar surface area (TPSA) is 75.4 Å². The van der Waals surface area contributed by atoms with Crippen LogP contribution in [0.4, 0.5) is 11.6 Å². The van der Waals surface area contributed by atoms with Crippen molar-refractivity contribution in [2.24, 2.45) is 0 Å². The Morgan fingerprint density at radius 2 is 1.83 bits per heavy atom. The van der Waals surface area contributed by atoms with Crippen molar-refractivity contribution in [3.63, 3.8) is 0 Å². The van der Waals surface area contributed by atoms with E-state index in [1.165, 1.54) is 0 Å². The number of hydrogen-bond donors (Lipinski definition) is 1. The van der Waals surface area contributed by atoms with E-state index in [1.807, 2.05) is 18.2 Å². The lowest BCUT2D eigenvalue weighted by atomic mass is 10.1. The van der Waals surface area contributed by atoms with Crippen molar-refractivity contribution < 1.29 is 4.79 Å². The van der Waals surface area contributed by atoms with Gasteiger partial charge in [-0.15, -0.1) is 0 Å². The predicted molar refractivity (Wildman–Crippen MR) is 90.5 cm³/mol. The minimum absolute atomic E-state index is 0.145. The van der Waals surface area contributed by atoms with Gasteiger partial charge in [0.2, 0.25) is 5.95 Å². The van der Waals surface area contributed by atoms with E-state index >= 15 is 0 Å². The van der Waals surface area contributed by atoms with Crippen molar-refractivity contribution >= 4 is 17.4 Å². The molecule has 1 aliphatic rings. The highest BCUT2D eigenvalue weighted by molar-refractivity contribution is 5.96. The third kappa shape index (κ3) is 4.04. The molecule has 2 aromatic rings. The molecule has 1 aromatic carbocycles. The molecule has 0 spiro atoms. The first-order valence-corrected chi connectivity index (χ1v) is 7.85. The van der Waals surface area contributed by atoms with Gasteiger partial charge >= 0.3 is 0 Å². The molecule has 3 rings (SSSR count). The van der Waals surface area contributed by atoms with Gasteiger partial charge in [0.25, 0.3) is 0 Å². The van der Waals surface area contributed by atoms with Crippen molar-refractivity contribution in [1.82, 2.24) is 14.9 Å². The molecular weight excluding hydrogens is 290 g/mol. The minimum atomic E-state index is 0.145. The molecule has 1 fully saturated rings. The average molecular weight is 311 g/mol. The molecule has 0 aliphatic carbocycles. The van der Waals surface area contributed by atoms with Gasteiger partial charge in [0.15, 0.2) is 5.78 Å². The summed E-state index contributed by atoms with van der Waals surface area (Å²) in [7, 11) is 0. The van der Waals surface area contributed by atoms with Crippen LogP contribution in [-0.2, 0) is 0 Å². The van der Waals surface area contributed by atoms with E-state index in [0.717, 1.165) is 38.7 Å². The molecule has 0 unspecified atom stereocenters. The molecule has 6 nitrogen and oxygen atoms in total. The van der Waals surface area contributed by atoms with Gasteiger partial charge in [-0.25, -0.2) is 9.97 Å². The predicted octanol–water partition coefficient (Wildman–Crippen LogP) is 1.45. The Morgan fingerprint density at radius 1 is 1.09 bits per heavy atom. The third-order valence-electron chi connectivity index (χ3n) is 4.07. The van der Waals surface area contributed by atoms with Crippen LogP contribution in [-0.4, -0.2) is 53.4 Å². The lowest BCUT2D eigenvalue weighted by molar-refractivity contribution is 0.0962. The van der Waals surface area contributed by atoms with Crippen molar-refractivity contribution in [2.75, 3.05) is 43.4 Å². The number of aromatic nitrogens is 2. The summed E-state index contributed by atoms with van der Waals surface area (Å²) >= 11 is 0. The van der Waals surface area contributed by atoms with E-state index in [0.29, 0.717) is 17.7 Å². The van der Waals surface area contributed by atoms with Crippen molar-refractivity contribution in [1.29, 1.82) is 0 Å². The minimum Gasteiger partial charge on any atom is -0.399 e. The van der Waals surface area contributed by atoms with Gasteiger partial charge in [0.05, 0.1) is 0 Å². The van der Waals surface area contributed by atoms with Crippen LogP contribution in [0.25, 0.3) is 0 Å². The highest BCUT2D eigenvalue weighted by atomic mass is 16.1. The van der Waals surface area contributed by atoms with E-state index in [2.05, 4.69) is 19.8 Å². The lowest BCUT2D eigenvalue weighted by Crippen LogP contribution is -2.47. The number of ketones is 1. The number of nitrogens with two attached hydrogens (primary N) is 1. The van der Waals surface area contributed by atoms with Crippen molar-refractivity contribution in [3.8, 4) is 0 Å². The number of hydrogen-bond acceptors (Lipinski definition) is 6. The second kappa shape index (κ2) is 7.19. The molecule has 0 radical (unpaired) electrons. The average Bonchev–Trinajstić information content (AvgIpc) is 2.61. The standard InChI is InChI=1S/C17H21N5O/c18-15-4-1-3-14(13-15)16(23)5-8-21-9-11-22(12-10-21)17-19-6-2-7-20-17/h1-4,6-7,13H,5,8-12,18H2. The van der Waals surface area contributed by atoms with Crippen LogP contribution in [0.5, 0.6) is 0 Å². The molecule has 0 amide bonds. The maximum Gasteiger partial charge on any atom is 0.225 e. The zero-order valence-electron chi connectivity index (χ0n) is 13.1. The second-order valence-electron chi connectivity index (χ2n) is 5.68. The number of Topliss-reactive ketones (excluding diaryl/α,β-unsaturated/α-hetero) is 1. The fraction of sp³-hybridized carbons (Fsp3) is 0.353. The molecular formula is C17H21N5O. The van der Waals surface area contributed by atoms with Crippen LogP contribution in [0.1, 0.15) is 16.8 Å². The maximum atomic E-state index is 12.2. The Hall–Kier alpha value is -2.47. The van der Waals surface area contributed by atoms with Crippen LogP contribution < -0.4 is 10.6 Å². The normalized spacial score (nSPS) is 15.6. The number of nitrogens with zero attached hydrogens (tertiary/aromatic N) is 4. The van der Waals surface area contributed by atoms with Gasteiger partial charge in [-0.1, -0.05) is 12.1 Å². The second-order valence-corrected chi connectivity index (χ2v) is 5.68. The zero-order valence-corrected chi connectivity index (χ0v) is 13.1. The SMILES string of the molecule is Nc1cccc(C(=O)CCN2CCN(c3ncccn3)CC2)c1. The number of carbonyl (C=O) groups excluding carboxylic acids is 1. The van der Waals surface area contributed by atoms with E-state index in [-0.39, 0.29) is 5.78 Å². The maximum absolute atomic E-state index is 12.2. The number of anilines is 2. The molecule has 1 aromatic heterocycles. The molecule has 1 aliphatic heterocycles. The fourth-order valence-electron chi connectivity index (χ4n) is 2.74. The van der Waals surface area contributed by atoms with E-state index < -0.39 is 0 Å². The highest BCUT2D eigenvalue weighted by Crippen LogP contribution is 2.12. The summed E-state index contributed by atoms with van der Waals surface area (Å²) in [5.41, 5.74) is 7.05. The Morgan fingerprint density at radius 3 is 2.52 bits per heavy atom. The summed E-state index contributed by atoms with van der Waals surface area (Å²) in [6, 6.07) is 9.00. The lowest BCUT2D eigenvalue weighted by Gasteiger charge is -2.34. The molecule has 23 heavy (non-hydrogen) atoms. The third-order valence-corrected chi connectivity index (χ3v) is 4.07. The summed E-state index contributed by atoms with van der Waals surface area (Å²) < 4.78 is 0. The van der Waals surface area contributed by atoms with Gasteiger partial charge < -0.3 is 10.6 Å². The monoisotopic (exact) mass is 311 g/mol. The van der Waals surface area contributed by atoms with Gasteiger partial charge in [0, 0.05) is 62.8 Å². The Kier molecular flexibility index (Phi) is 4.83. The number of carbonyl (C=O) groups is 1. The van der Waals surface area contributed by atoms with Gasteiger partial charge in [0.1, 0.15) is 0 Å². The number of nitrogen functional groups attached to an aromatic ring is 1. The van der Waals surface area contributed by atoms with Crippen molar-refractivity contribution in [2.45, 2.75) is 6.42 Å². The Bertz CT molecular complexity index is 653. The summed E-state index contributed by atoms with van der Waals surface area (Å²) in [5, 5.41) is 0. The van der Waals surface area contributed by atoms with E-state index in [9.17, 15) is 4.79 Å². The van der Waals surface area contributed by atoms with Crippen molar-refractivity contribution in [3.05, 3.63) is 48.3 Å². The number of benzene rings is 1. The molecule has 120 valence electrons. The summed E-state index contributed by atoms with van der Waals surface area (Å²) in [4.78, 5) is 25.3. The number of piperazine rings is 1. The molecule has 6 heteroatoms. The molecule has 1 saturated heterocycles. The molecule has 2 heterocycles. The Balaban J connectivity index is 1.47. The quantitative estimate of drug-likeness (QED) is 0.665. The first-order valence-electron chi connectivity index (χ1n) is 7.85. The number of rotatable bonds is 5. The van der Waals surface area contributed by atoms with Gasteiger partial charge in [-0.3, -0.25) is 9.69 Å².